The Labute approximate surface area is 444 Å². The van der Waals surface area contributed by atoms with E-state index < -0.39 is 5.41 Å². The molecule has 0 fully saturated rings. The Morgan fingerprint density at radius 2 is 1.04 bits per heavy atom. The van der Waals surface area contributed by atoms with E-state index in [0.717, 1.165) is 50.3 Å². The number of hydrogen-bond donors (Lipinski definition) is 0. The summed E-state index contributed by atoms with van der Waals surface area (Å²) in [4.78, 5) is 5.01. The molecule has 0 spiro atoms. The van der Waals surface area contributed by atoms with Gasteiger partial charge in [0.25, 0.3) is 6.33 Å². The molecular weight excluding hydrogens is 1060 g/mol. The summed E-state index contributed by atoms with van der Waals surface area (Å²) in [6, 6.07) is 55.9. The normalized spacial score (nSPS) is 12.9. The van der Waals surface area contributed by atoms with Gasteiger partial charge in [-0.2, -0.15) is 17.7 Å². The van der Waals surface area contributed by atoms with Crippen molar-refractivity contribution in [2.75, 3.05) is 0 Å². The Morgan fingerprint density at radius 3 is 1.62 bits per heavy atom. The first-order chi connectivity index (χ1) is 33.2. The minimum absolute atomic E-state index is 0. The number of pyridine rings is 1. The fraction of sp³-hybridized carbons (Fsp3) is 0.333. The van der Waals surface area contributed by atoms with Crippen LogP contribution >= 0.6 is 0 Å². The second kappa shape index (κ2) is 18.8. The van der Waals surface area contributed by atoms with Gasteiger partial charge in [-0.1, -0.05) is 195 Å². The molecule has 0 radical (unpaired) electrons. The van der Waals surface area contributed by atoms with Gasteiger partial charge in [0.15, 0.2) is 0 Å². The van der Waals surface area contributed by atoms with Gasteiger partial charge in [-0.3, -0.25) is 4.57 Å². The Hall–Kier alpha value is -6.03. The van der Waals surface area contributed by atoms with Crippen molar-refractivity contribution < 1.29 is 30.4 Å². The van der Waals surface area contributed by atoms with Crippen molar-refractivity contribution in [1.82, 2.24) is 14.1 Å². The molecule has 0 saturated carbocycles. The number of ether oxygens (including phenoxy) is 1. The fourth-order valence-electron chi connectivity index (χ4n) is 9.64. The number of benzene rings is 6. The molecule has 3 heterocycles. The summed E-state index contributed by atoms with van der Waals surface area (Å²) in [7, 11) is 0. The van der Waals surface area contributed by atoms with Crippen molar-refractivity contribution in [3.05, 3.63) is 209 Å². The largest absolute Gasteiger partial charge is 0.510 e. The minimum Gasteiger partial charge on any atom is -0.510 e. The van der Waals surface area contributed by atoms with Crippen LogP contribution in [0.4, 0.5) is 0 Å². The monoisotopic (exact) mass is 1130 g/mol. The smallest absolute Gasteiger partial charge is 0.267 e. The maximum atomic E-state index is 7.01. The first-order valence-electron chi connectivity index (χ1n) is 25.3. The molecule has 0 unspecified atom stereocenters. The van der Waals surface area contributed by atoms with E-state index in [1.54, 1.807) is 0 Å². The summed E-state index contributed by atoms with van der Waals surface area (Å²) in [5.74, 6) is 2.04. The van der Waals surface area contributed by atoms with Gasteiger partial charge in [0.2, 0.25) is 0 Å². The standard InChI is InChI=1S/C66H72N4O.Pt/c1-61(2,3)46-31-32-67-60(39-46)70-57-30-27-47(65(13,14)44-23-19-17-20-24-44)38-56(57)55-29-28-53(41-58(55)70)71-54-37-50(64(10,11)12)36-52(40-54)69-43-68(42-59(69)66(15,16)45-25-21-18-22-26-45)51-34-48(62(4,5)6)33-49(35-51)63(7,8)9;/h17-39,42H,1-16H3;/q-2;. The number of rotatable bonds is 9. The second-order valence-corrected chi connectivity index (χ2v) is 24.8. The van der Waals surface area contributed by atoms with E-state index in [4.69, 9.17) is 9.72 Å². The third-order valence-electron chi connectivity index (χ3n) is 14.6. The predicted octanol–water partition coefficient (Wildman–Crippen LogP) is 16.3. The molecule has 0 aliphatic carbocycles. The van der Waals surface area contributed by atoms with Crippen LogP contribution in [0.1, 0.15) is 155 Å². The predicted molar refractivity (Wildman–Crippen MR) is 294 cm³/mol. The van der Waals surface area contributed by atoms with Crippen LogP contribution in [0.5, 0.6) is 11.5 Å². The third kappa shape index (κ3) is 10.2. The average molecular weight is 1130 g/mol. The molecule has 0 N–H and O–H groups in total. The van der Waals surface area contributed by atoms with Crippen LogP contribution in [-0.2, 0) is 53.6 Å². The first-order valence-corrected chi connectivity index (χ1v) is 25.3. The molecule has 0 aliphatic rings. The van der Waals surface area contributed by atoms with Crippen LogP contribution < -0.4 is 9.30 Å². The molecular formula is C66H72N4OPt-2. The average Bonchev–Trinajstić information content (AvgIpc) is 3.91. The van der Waals surface area contributed by atoms with E-state index in [0.29, 0.717) is 11.5 Å². The molecule has 9 rings (SSSR count). The Balaban J connectivity index is 0.00000693. The van der Waals surface area contributed by atoms with Gasteiger partial charge in [0.05, 0.1) is 11.4 Å². The van der Waals surface area contributed by atoms with Gasteiger partial charge in [-0.25, -0.2) is 4.98 Å². The zero-order chi connectivity index (χ0) is 51.1. The molecule has 6 aromatic carbocycles. The molecule has 0 saturated heterocycles. The van der Waals surface area contributed by atoms with Crippen LogP contribution in [-0.4, -0.2) is 14.1 Å². The van der Waals surface area contributed by atoms with Crippen LogP contribution in [0.2, 0.25) is 0 Å². The van der Waals surface area contributed by atoms with Gasteiger partial charge < -0.3 is 13.9 Å². The minimum atomic E-state index is -0.412. The van der Waals surface area contributed by atoms with Crippen molar-refractivity contribution in [3.63, 3.8) is 0 Å². The molecule has 0 bridgehead atoms. The molecule has 72 heavy (non-hydrogen) atoms. The molecule has 3 aromatic heterocycles. The van der Waals surface area contributed by atoms with Gasteiger partial charge in [-0.05, 0) is 96.4 Å². The van der Waals surface area contributed by atoms with Crippen molar-refractivity contribution >= 4 is 21.8 Å². The number of imidazole rings is 1. The quantitative estimate of drug-likeness (QED) is 0.107. The molecule has 374 valence electrons. The summed E-state index contributed by atoms with van der Waals surface area (Å²) >= 11 is 0. The summed E-state index contributed by atoms with van der Waals surface area (Å²) in [6.45, 7) is 36.4. The summed E-state index contributed by atoms with van der Waals surface area (Å²) < 4.78 is 13.6. The maximum Gasteiger partial charge on any atom is 0.267 e. The van der Waals surface area contributed by atoms with Crippen molar-refractivity contribution in [1.29, 1.82) is 0 Å². The van der Waals surface area contributed by atoms with Crippen molar-refractivity contribution in [3.8, 4) is 28.7 Å². The van der Waals surface area contributed by atoms with Crippen LogP contribution in [0.15, 0.2) is 146 Å². The van der Waals surface area contributed by atoms with Gasteiger partial charge in [-0.15, -0.1) is 29.7 Å². The summed E-state index contributed by atoms with van der Waals surface area (Å²) in [5.41, 5.74) is 12.6. The van der Waals surface area contributed by atoms with E-state index >= 15 is 0 Å². The van der Waals surface area contributed by atoms with E-state index in [1.807, 2.05) is 12.3 Å². The first kappa shape index (κ1) is 52.3. The Kier molecular flexibility index (Phi) is 13.6. The third-order valence-corrected chi connectivity index (χ3v) is 14.6. The van der Waals surface area contributed by atoms with E-state index in [1.165, 1.54) is 33.4 Å². The topological polar surface area (TPSA) is 35.9 Å². The van der Waals surface area contributed by atoms with Gasteiger partial charge in [0, 0.05) is 61.3 Å². The molecule has 9 aromatic rings. The van der Waals surface area contributed by atoms with E-state index in [2.05, 4.69) is 277 Å². The van der Waals surface area contributed by atoms with E-state index in [-0.39, 0.29) is 48.1 Å². The number of aromatic nitrogens is 4. The number of fused-ring (bicyclic) bond motifs is 3. The Bertz CT molecular complexity index is 3390. The summed E-state index contributed by atoms with van der Waals surface area (Å²) in [6.07, 6.45) is 8.04. The molecule has 5 nitrogen and oxygen atoms in total. The van der Waals surface area contributed by atoms with Crippen molar-refractivity contribution in [2.24, 2.45) is 0 Å². The number of hydrogen-bond acceptors (Lipinski definition) is 2. The summed E-state index contributed by atoms with van der Waals surface area (Å²) in [5, 5.41) is 2.22. The zero-order valence-electron chi connectivity index (χ0n) is 45.4. The SMILES string of the molecule is CC(C)(C)c1cc(Oc2[c-]c3c(cc2)c2cc(C(C)(C)c4ccccc4)ccc2n3-c2cc(C(C)(C)C)ccn2)[c-]c(-n2[c-][n+](-c3cc(C(C)(C)C)cc(C(C)(C)C)c3)cc2C(C)(C)c2ccccc2)c1.[Pt]. The molecule has 0 aliphatic heterocycles. The van der Waals surface area contributed by atoms with Crippen LogP contribution in [0.25, 0.3) is 39.0 Å². The molecule has 0 amide bonds. The number of nitrogens with zero attached hydrogens (tertiary/aromatic N) is 4. The molecule has 6 heteroatoms. The molecule has 0 atom stereocenters. The second-order valence-electron chi connectivity index (χ2n) is 24.8. The van der Waals surface area contributed by atoms with Crippen LogP contribution in [0, 0.1) is 18.5 Å². The van der Waals surface area contributed by atoms with Crippen molar-refractivity contribution in [2.45, 2.75) is 143 Å². The van der Waals surface area contributed by atoms with Gasteiger partial charge in [0.1, 0.15) is 5.82 Å². The van der Waals surface area contributed by atoms with Crippen LogP contribution in [0.3, 0.4) is 0 Å². The van der Waals surface area contributed by atoms with E-state index in [9.17, 15) is 0 Å². The zero-order valence-corrected chi connectivity index (χ0v) is 47.6. The Morgan fingerprint density at radius 1 is 0.472 bits per heavy atom. The maximum absolute atomic E-state index is 7.01. The fourth-order valence-corrected chi connectivity index (χ4v) is 9.64. The van der Waals surface area contributed by atoms with Gasteiger partial charge >= 0.3 is 0 Å².